The van der Waals surface area contributed by atoms with Gasteiger partial charge in [0.05, 0.1) is 12.4 Å². The molecule has 0 bridgehead atoms. The van der Waals surface area contributed by atoms with Crippen LogP contribution >= 0.6 is 0 Å². The largest absolute Gasteiger partial charge is 0.476 e. The second-order valence-electron chi connectivity index (χ2n) is 5.23. The highest BCUT2D eigenvalue weighted by molar-refractivity contribution is 5.75. The highest BCUT2D eigenvalue weighted by Gasteiger charge is 2.23. The van der Waals surface area contributed by atoms with E-state index in [9.17, 15) is 4.79 Å². The number of carbonyl (C=O) groups excluding carboxylic acids is 1. The molecule has 1 unspecified atom stereocenters. The van der Waals surface area contributed by atoms with Gasteiger partial charge in [-0.15, -0.1) is 0 Å². The lowest BCUT2D eigenvalue weighted by Gasteiger charge is -2.22. The SMILES string of the molecule is CCCn1cc(OC(C)C(=O)OC(C)(C)C)cn1. The molecule has 0 aliphatic carbocycles. The summed E-state index contributed by atoms with van der Waals surface area (Å²) in [5, 5.41) is 4.13. The second-order valence-corrected chi connectivity index (χ2v) is 5.23. The van der Waals surface area contributed by atoms with Gasteiger partial charge in [0.2, 0.25) is 0 Å². The maximum absolute atomic E-state index is 11.7. The Labute approximate surface area is 108 Å². The summed E-state index contributed by atoms with van der Waals surface area (Å²) in [7, 11) is 0. The summed E-state index contributed by atoms with van der Waals surface area (Å²) in [6.07, 6.45) is 3.76. The van der Waals surface area contributed by atoms with E-state index in [4.69, 9.17) is 9.47 Å². The lowest BCUT2D eigenvalue weighted by Crippen LogP contribution is -2.33. The predicted molar refractivity (Wildman–Crippen MR) is 68.5 cm³/mol. The van der Waals surface area contributed by atoms with Crippen LogP contribution in [-0.2, 0) is 16.1 Å². The smallest absolute Gasteiger partial charge is 0.347 e. The average Bonchev–Trinajstić information content (AvgIpc) is 2.63. The molecule has 102 valence electrons. The van der Waals surface area contributed by atoms with Crippen LogP contribution in [0.15, 0.2) is 12.4 Å². The molecule has 0 radical (unpaired) electrons. The van der Waals surface area contributed by atoms with E-state index in [1.54, 1.807) is 24.0 Å². The fourth-order valence-corrected chi connectivity index (χ4v) is 1.39. The van der Waals surface area contributed by atoms with E-state index in [0.717, 1.165) is 13.0 Å². The molecule has 1 rings (SSSR count). The summed E-state index contributed by atoms with van der Waals surface area (Å²) in [6, 6.07) is 0. The minimum Gasteiger partial charge on any atom is -0.476 e. The Morgan fingerprint density at radius 2 is 2.17 bits per heavy atom. The van der Waals surface area contributed by atoms with Gasteiger partial charge in [0.25, 0.3) is 0 Å². The van der Waals surface area contributed by atoms with Gasteiger partial charge in [0.1, 0.15) is 5.60 Å². The van der Waals surface area contributed by atoms with Gasteiger partial charge >= 0.3 is 5.97 Å². The van der Waals surface area contributed by atoms with Gasteiger partial charge in [-0.1, -0.05) is 6.92 Å². The molecule has 0 saturated carbocycles. The second kappa shape index (κ2) is 5.89. The molecule has 0 aromatic carbocycles. The third-order valence-electron chi connectivity index (χ3n) is 2.11. The van der Waals surface area contributed by atoms with E-state index in [1.165, 1.54) is 0 Å². The fraction of sp³-hybridized carbons (Fsp3) is 0.692. The van der Waals surface area contributed by atoms with Gasteiger partial charge in [-0.2, -0.15) is 5.10 Å². The highest BCUT2D eigenvalue weighted by Crippen LogP contribution is 2.14. The first-order valence-electron chi connectivity index (χ1n) is 6.24. The van der Waals surface area contributed by atoms with Gasteiger partial charge in [-0.3, -0.25) is 4.68 Å². The summed E-state index contributed by atoms with van der Waals surface area (Å²) < 4.78 is 12.5. The van der Waals surface area contributed by atoms with Crippen LogP contribution in [0.2, 0.25) is 0 Å². The van der Waals surface area contributed by atoms with Crippen molar-refractivity contribution in [2.75, 3.05) is 0 Å². The molecule has 18 heavy (non-hydrogen) atoms. The number of esters is 1. The van der Waals surface area contributed by atoms with Crippen LogP contribution in [-0.4, -0.2) is 27.5 Å². The molecule has 1 aromatic heterocycles. The van der Waals surface area contributed by atoms with Crippen LogP contribution in [0.3, 0.4) is 0 Å². The van der Waals surface area contributed by atoms with Crippen molar-refractivity contribution in [2.45, 2.75) is 59.3 Å². The molecular formula is C13H22N2O3. The van der Waals surface area contributed by atoms with Crippen molar-refractivity contribution in [3.05, 3.63) is 12.4 Å². The van der Waals surface area contributed by atoms with Crippen molar-refractivity contribution in [2.24, 2.45) is 0 Å². The van der Waals surface area contributed by atoms with E-state index in [1.807, 2.05) is 20.8 Å². The van der Waals surface area contributed by atoms with Crippen molar-refractivity contribution in [3.8, 4) is 5.75 Å². The van der Waals surface area contributed by atoms with Gasteiger partial charge in [-0.25, -0.2) is 4.79 Å². The van der Waals surface area contributed by atoms with Crippen LogP contribution in [0, 0.1) is 0 Å². The van der Waals surface area contributed by atoms with Crippen molar-refractivity contribution in [1.29, 1.82) is 0 Å². The summed E-state index contributed by atoms with van der Waals surface area (Å²) in [6.45, 7) is 10.1. The van der Waals surface area contributed by atoms with Crippen LogP contribution in [0.5, 0.6) is 5.75 Å². The Bertz CT molecular complexity index is 393. The number of aromatic nitrogens is 2. The zero-order chi connectivity index (χ0) is 13.8. The van der Waals surface area contributed by atoms with E-state index in [2.05, 4.69) is 12.0 Å². The van der Waals surface area contributed by atoms with Crippen LogP contribution in [0.4, 0.5) is 0 Å². The normalized spacial score (nSPS) is 13.2. The molecule has 1 aromatic rings. The number of carbonyl (C=O) groups is 1. The Morgan fingerprint density at radius 1 is 1.50 bits per heavy atom. The topological polar surface area (TPSA) is 53.4 Å². The Hall–Kier alpha value is -1.52. The molecule has 0 amide bonds. The first-order valence-corrected chi connectivity index (χ1v) is 6.24. The molecule has 0 N–H and O–H groups in total. The van der Waals surface area contributed by atoms with Crippen molar-refractivity contribution < 1.29 is 14.3 Å². The monoisotopic (exact) mass is 254 g/mol. The Balaban J connectivity index is 2.52. The third kappa shape index (κ3) is 4.77. The predicted octanol–water partition coefficient (Wildman–Crippen LogP) is 2.40. The molecule has 0 spiro atoms. The molecule has 1 atom stereocenters. The van der Waals surface area contributed by atoms with Crippen LogP contribution in [0.25, 0.3) is 0 Å². The number of ether oxygens (including phenoxy) is 2. The number of nitrogens with zero attached hydrogens (tertiary/aromatic N) is 2. The molecule has 5 heteroatoms. The lowest BCUT2D eigenvalue weighted by atomic mass is 10.2. The number of aryl methyl sites for hydroxylation is 1. The zero-order valence-electron chi connectivity index (χ0n) is 11.8. The molecular weight excluding hydrogens is 232 g/mol. The summed E-state index contributed by atoms with van der Waals surface area (Å²) in [5.74, 6) is 0.215. The van der Waals surface area contributed by atoms with Gasteiger partial charge in [0, 0.05) is 6.54 Å². The van der Waals surface area contributed by atoms with E-state index in [-0.39, 0.29) is 5.97 Å². The van der Waals surface area contributed by atoms with Crippen LogP contribution in [0.1, 0.15) is 41.0 Å². The van der Waals surface area contributed by atoms with Crippen molar-refractivity contribution in [1.82, 2.24) is 9.78 Å². The fourth-order valence-electron chi connectivity index (χ4n) is 1.39. The van der Waals surface area contributed by atoms with Gasteiger partial charge < -0.3 is 9.47 Å². The van der Waals surface area contributed by atoms with Gasteiger partial charge in [0.15, 0.2) is 11.9 Å². The van der Waals surface area contributed by atoms with E-state index in [0.29, 0.717) is 5.75 Å². The maximum Gasteiger partial charge on any atom is 0.347 e. The van der Waals surface area contributed by atoms with Crippen molar-refractivity contribution in [3.63, 3.8) is 0 Å². The summed E-state index contributed by atoms with van der Waals surface area (Å²) >= 11 is 0. The first kappa shape index (κ1) is 14.5. The minimum atomic E-state index is -0.636. The molecule has 5 nitrogen and oxygen atoms in total. The first-order chi connectivity index (χ1) is 8.31. The summed E-state index contributed by atoms with van der Waals surface area (Å²) in [4.78, 5) is 11.7. The standard InChI is InChI=1S/C13H22N2O3/c1-6-7-15-9-11(8-14-15)17-10(2)12(16)18-13(3,4)5/h8-10H,6-7H2,1-5H3. The van der Waals surface area contributed by atoms with E-state index < -0.39 is 11.7 Å². The highest BCUT2D eigenvalue weighted by atomic mass is 16.6. The number of rotatable bonds is 5. The zero-order valence-corrected chi connectivity index (χ0v) is 11.8. The molecule has 0 saturated heterocycles. The maximum atomic E-state index is 11.7. The molecule has 0 aliphatic heterocycles. The lowest BCUT2D eigenvalue weighted by molar-refractivity contribution is -0.162. The molecule has 0 fully saturated rings. The summed E-state index contributed by atoms with van der Waals surface area (Å²) in [5.41, 5.74) is -0.499. The minimum absolute atomic E-state index is 0.370. The third-order valence-corrected chi connectivity index (χ3v) is 2.11. The Kier molecular flexibility index (Phi) is 4.76. The molecule has 1 heterocycles. The van der Waals surface area contributed by atoms with Crippen LogP contribution < -0.4 is 4.74 Å². The van der Waals surface area contributed by atoms with Crippen molar-refractivity contribution >= 4 is 5.97 Å². The van der Waals surface area contributed by atoms with E-state index >= 15 is 0 Å². The average molecular weight is 254 g/mol. The number of hydrogen-bond acceptors (Lipinski definition) is 4. The van der Waals surface area contributed by atoms with Gasteiger partial charge in [-0.05, 0) is 34.1 Å². The Morgan fingerprint density at radius 3 is 2.72 bits per heavy atom. The number of hydrogen-bond donors (Lipinski definition) is 0. The quantitative estimate of drug-likeness (QED) is 0.757. The molecule has 0 aliphatic rings.